The Hall–Kier alpha value is -2.12. The molecule has 3 aromatic rings. The molecular formula is C22H25N. The summed E-state index contributed by atoms with van der Waals surface area (Å²) in [6.45, 7) is 7.60. The highest BCUT2D eigenvalue weighted by Crippen LogP contribution is 2.24. The molecule has 0 saturated heterocycles. The molecule has 1 unspecified atom stereocenters. The van der Waals surface area contributed by atoms with Crippen LogP contribution in [-0.2, 0) is 6.54 Å². The van der Waals surface area contributed by atoms with E-state index in [1.165, 1.54) is 27.5 Å². The van der Waals surface area contributed by atoms with Crippen LogP contribution in [0, 0.1) is 0 Å². The SMILES string of the molecule is CC(C)c1ccc(CNC(C)c2cccc3ccccc23)cc1. The number of fused-ring (bicyclic) bond motifs is 1. The molecule has 1 N–H and O–H groups in total. The molecule has 0 fully saturated rings. The van der Waals surface area contributed by atoms with Gasteiger partial charge in [-0.1, -0.05) is 80.6 Å². The summed E-state index contributed by atoms with van der Waals surface area (Å²) in [4.78, 5) is 0. The Morgan fingerprint density at radius 1 is 0.783 bits per heavy atom. The zero-order valence-corrected chi connectivity index (χ0v) is 14.2. The second-order valence-corrected chi connectivity index (χ2v) is 6.57. The zero-order chi connectivity index (χ0) is 16.2. The molecule has 1 atom stereocenters. The monoisotopic (exact) mass is 303 g/mol. The minimum absolute atomic E-state index is 0.325. The molecule has 0 amide bonds. The Bertz CT molecular complexity index is 766. The van der Waals surface area contributed by atoms with Crippen molar-refractivity contribution in [2.75, 3.05) is 0 Å². The van der Waals surface area contributed by atoms with Crippen LogP contribution in [0.1, 0.15) is 49.4 Å². The van der Waals surface area contributed by atoms with Crippen molar-refractivity contribution in [3.05, 3.63) is 83.4 Å². The molecule has 0 heterocycles. The lowest BCUT2D eigenvalue weighted by Crippen LogP contribution is -2.18. The summed E-state index contributed by atoms with van der Waals surface area (Å²) in [5.74, 6) is 0.589. The summed E-state index contributed by atoms with van der Waals surface area (Å²) in [6, 6.07) is 24.4. The Morgan fingerprint density at radius 2 is 1.48 bits per heavy atom. The average Bonchev–Trinajstić information content (AvgIpc) is 2.59. The standard InChI is InChI=1S/C22H25N/c1-16(2)19-13-11-18(12-14-19)15-23-17(3)21-10-6-8-20-7-4-5-9-22(20)21/h4-14,16-17,23H,15H2,1-3H3. The van der Waals surface area contributed by atoms with Gasteiger partial charge in [0.1, 0.15) is 0 Å². The molecular weight excluding hydrogens is 278 g/mol. The van der Waals surface area contributed by atoms with Crippen LogP contribution in [0.2, 0.25) is 0 Å². The number of benzene rings is 3. The van der Waals surface area contributed by atoms with Gasteiger partial charge < -0.3 is 5.32 Å². The molecule has 0 spiro atoms. The number of nitrogens with one attached hydrogen (secondary N) is 1. The van der Waals surface area contributed by atoms with Crippen molar-refractivity contribution in [2.24, 2.45) is 0 Å². The molecule has 0 aliphatic rings. The quantitative estimate of drug-likeness (QED) is 0.626. The summed E-state index contributed by atoms with van der Waals surface area (Å²) in [5, 5.41) is 6.30. The van der Waals surface area contributed by atoms with Crippen LogP contribution in [0.3, 0.4) is 0 Å². The Kier molecular flexibility index (Phi) is 4.78. The van der Waals surface area contributed by atoms with Crippen LogP contribution in [0.4, 0.5) is 0 Å². The van der Waals surface area contributed by atoms with Crippen LogP contribution in [0.25, 0.3) is 10.8 Å². The van der Waals surface area contributed by atoms with Crippen LogP contribution in [0.5, 0.6) is 0 Å². The van der Waals surface area contributed by atoms with Gasteiger partial charge in [-0.25, -0.2) is 0 Å². The summed E-state index contributed by atoms with van der Waals surface area (Å²) < 4.78 is 0. The Balaban J connectivity index is 1.72. The lowest BCUT2D eigenvalue weighted by Gasteiger charge is -2.17. The largest absolute Gasteiger partial charge is 0.306 e. The highest BCUT2D eigenvalue weighted by molar-refractivity contribution is 5.86. The second-order valence-electron chi connectivity index (χ2n) is 6.57. The fourth-order valence-corrected chi connectivity index (χ4v) is 3.03. The first-order valence-corrected chi connectivity index (χ1v) is 8.45. The smallest absolute Gasteiger partial charge is 0.0301 e. The third kappa shape index (κ3) is 3.62. The molecule has 3 aromatic carbocycles. The van der Waals surface area contributed by atoms with Gasteiger partial charge in [0, 0.05) is 12.6 Å². The molecule has 0 saturated carbocycles. The molecule has 3 rings (SSSR count). The van der Waals surface area contributed by atoms with Crippen molar-refractivity contribution in [2.45, 2.75) is 39.3 Å². The van der Waals surface area contributed by atoms with Gasteiger partial charge in [0.15, 0.2) is 0 Å². The van der Waals surface area contributed by atoms with E-state index < -0.39 is 0 Å². The molecule has 0 aliphatic heterocycles. The predicted octanol–water partition coefficient (Wildman–Crippen LogP) is 5.81. The van der Waals surface area contributed by atoms with E-state index in [1.807, 2.05) is 0 Å². The minimum Gasteiger partial charge on any atom is -0.306 e. The number of hydrogen-bond donors (Lipinski definition) is 1. The summed E-state index contributed by atoms with van der Waals surface area (Å²) in [6.07, 6.45) is 0. The topological polar surface area (TPSA) is 12.0 Å². The zero-order valence-electron chi connectivity index (χ0n) is 14.2. The highest BCUT2D eigenvalue weighted by atomic mass is 14.9. The Labute approximate surface area is 139 Å². The Morgan fingerprint density at radius 3 is 2.22 bits per heavy atom. The summed E-state index contributed by atoms with van der Waals surface area (Å²) >= 11 is 0. The molecule has 0 radical (unpaired) electrons. The van der Waals surface area contributed by atoms with Gasteiger partial charge in [-0.15, -0.1) is 0 Å². The van der Waals surface area contributed by atoms with E-state index in [1.54, 1.807) is 0 Å². The first-order chi connectivity index (χ1) is 11.1. The summed E-state index contributed by atoms with van der Waals surface area (Å²) in [7, 11) is 0. The first-order valence-electron chi connectivity index (χ1n) is 8.45. The first kappa shape index (κ1) is 15.8. The van der Waals surface area contributed by atoms with Crippen LogP contribution >= 0.6 is 0 Å². The predicted molar refractivity (Wildman–Crippen MR) is 99.7 cm³/mol. The molecule has 1 heteroatoms. The molecule has 23 heavy (non-hydrogen) atoms. The van der Waals surface area contributed by atoms with E-state index in [0.29, 0.717) is 12.0 Å². The maximum absolute atomic E-state index is 3.66. The van der Waals surface area contributed by atoms with Crippen LogP contribution in [-0.4, -0.2) is 0 Å². The van der Waals surface area contributed by atoms with Gasteiger partial charge in [-0.3, -0.25) is 0 Å². The van der Waals surface area contributed by atoms with Gasteiger partial charge in [0.05, 0.1) is 0 Å². The van der Waals surface area contributed by atoms with Gasteiger partial charge in [0.2, 0.25) is 0 Å². The average molecular weight is 303 g/mol. The fraction of sp³-hybridized carbons (Fsp3) is 0.273. The lowest BCUT2D eigenvalue weighted by molar-refractivity contribution is 0.578. The minimum atomic E-state index is 0.325. The van der Waals surface area contributed by atoms with Crippen LogP contribution < -0.4 is 5.32 Å². The lowest BCUT2D eigenvalue weighted by atomic mass is 9.99. The van der Waals surface area contributed by atoms with Crippen molar-refractivity contribution >= 4 is 10.8 Å². The van der Waals surface area contributed by atoms with Crippen molar-refractivity contribution in [1.29, 1.82) is 0 Å². The molecule has 118 valence electrons. The number of hydrogen-bond acceptors (Lipinski definition) is 1. The van der Waals surface area contributed by atoms with E-state index in [9.17, 15) is 0 Å². The molecule has 0 aromatic heterocycles. The van der Waals surface area contributed by atoms with Gasteiger partial charge in [-0.2, -0.15) is 0 Å². The van der Waals surface area contributed by atoms with E-state index in [2.05, 4.69) is 92.8 Å². The van der Waals surface area contributed by atoms with E-state index >= 15 is 0 Å². The van der Waals surface area contributed by atoms with Crippen LogP contribution in [0.15, 0.2) is 66.7 Å². The van der Waals surface area contributed by atoms with Crippen molar-refractivity contribution in [1.82, 2.24) is 5.32 Å². The molecule has 1 nitrogen and oxygen atoms in total. The van der Waals surface area contributed by atoms with E-state index in [-0.39, 0.29) is 0 Å². The van der Waals surface area contributed by atoms with Gasteiger partial charge in [-0.05, 0) is 40.3 Å². The fourth-order valence-electron chi connectivity index (χ4n) is 3.03. The number of rotatable bonds is 5. The highest BCUT2D eigenvalue weighted by Gasteiger charge is 2.08. The van der Waals surface area contributed by atoms with Crippen molar-refractivity contribution in [3.63, 3.8) is 0 Å². The second kappa shape index (κ2) is 6.97. The summed E-state index contributed by atoms with van der Waals surface area (Å²) in [5.41, 5.74) is 4.10. The maximum atomic E-state index is 3.66. The maximum Gasteiger partial charge on any atom is 0.0301 e. The third-order valence-corrected chi connectivity index (χ3v) is 4.55. The molecule has 0 bridgehead atoms. The van der Waals surface area contributed by atoms with Crippen molar-refractivity contribution < 1.29 is 0 Å². The third-order valence-electron chi connectivity index (χ3n) is 4.55. The normalized spacial score (nSPS) is 12.7. The van der Waals surface area contributed by atoms with Crippen molar-refractivity contribution in [3.8, 4) is 0 Å². The van der Waals surface area contributed by atoms with Gasteiger partial charge in [0.25, 0.3) is 0 Å². The van der Waals surface area contributed by atoms with E-state index in [4.69, 9.17) is 0 Å². The van der Waals surface area contributed by atoms with Gasteiger partial charge >= 0.3 is 0 Å². The molecule has 0 aliphatic carbocycles. The van der Waals surface area contributed by atoms with E-state index in [0.717, 1.165) is 6.54 Å².